The third-order valence-electron chi connectivity index (χ3n) is 3.29. The average molecular weight is 330 g/mol. The van der Waals surface area contributed by atoms with E-state index in [-0.39, 0.29) is 12.5 Å². The molecule has 0 fully saturated rings. The zero-order valence-electron chi connectivity index (χ0n) is 13.9. The van der Waals surface area contributed by atoms with E-state index in [9.17, 15) is 4.79 Å². The molecule has 0 radical (unpaired) electrons. The Morgan fingerprint density at radius 3 is 2.74 bits per heavy atom. The number of hydrazone groups is 1. The monoisotopic (exact) mass is 330 g/mol. The zero-order valence-corrected chi connectivity index (χ0v) is 14.7. The predicted octanol–water partition coefficient (Wildman–Crippen LogP) is 4.02. The van der Waals surface area contributed by atoms with E-state index in [4.69, 9.17) is 4.74 Å². The summed E-state index contributed by atoms with van der Waals surface area (Å²) in [6.07, 6.45) is 1.64. The molecule has 1 aromatic carbocycles. The van der Waals surface area contributed by atoms with Gasteiger partial charge in [0, 0.05) is 9.75 Å². The van der Waals surface area contributed by atoms with E-state index >= 15 is 0 Å². The van der Waals surface area contributed by atoms with Gasteiger partial charge in [0.05, 0.1) is 6.21 Å². The molecule has 23 heavy (non-hydrogen) atoms. The van der Waals surface area contributed by atoms with Gasteiger partial charge in [-0.3, -0.25) is 4.79 Å². The fourth-order valence-corrected chi connectivity index (χ4v) is 2.86. The first-order valence-electron chi connectivity index (χ1n) is 7.57. The van der Waals surface area contributed by atoms with E-state index < -0.39 is 0 Å². The number of benzene rings is 1. The minimum Gasteiger partial charge on any atom is -0.483 e. The standard InChI is InChI=1S/C18H22N2O2S/c1-12(2)16-8-5-13(3)9-17(16)22-11-18(21)20-19-10-15-7-6-14(4)23-15/h5-10,12H,11H2,1-4H3,(H,20,21)/b19-10-. The molecular weight excluding hydrogens is 308 g/mol. The molecule has 2 rings (SSSR count). The lowest BCUT2D eigenvalue weighted by atomic mass is 10.0. The highest BCUT2D eigenvalue weighted by Crippen LogP contribution is 2.27. The van der Waals surface area contributed by atoms with Crippen LogP contribution < -0.4 is 10.2 Å². The first-order valence-corrected chi connectivity index (χ1v) is 8.39. The van der Waals surface area contributed by atoms with Gasteiger partial charge < -0.3 is 4.74 Å². The van der Waals surface area contributed by atoms with Gasteiger partial charge in [0.15, 0.2) is 6.61 Å². The Morgan fingerprint density at radius 1 is 1.30 bits per heavy atom. The molecular formula is C18H22N2O2S. The molecule has 0 aliphatic carbocycles. The average Bonchev–Trinajstić information content (AvgIpc) is 2.90. The number of amides is 1. The summed E-state index contributed by atoms with van der Waals surface area (Å²) in [4.78, 5) is 14.0. The van der Waals surface area contributed by atoms with E-state index in [1.54, 1.807) is 17.6 Å². The van der Waals surface area contributed by atoms with Crippen LogP contribution >= 0.6 is 11.3 Å². The van der Waals surface area contributed by atoms with E-state index in [0.717, 1.165) is 21.8 Å². The SMILES string of the molecule is Cc1ccc(C(C)C)c(OCC(=O)N/N=C\c2ccc(C)s2)c1. The molecule has 1 heterocycles. The fraction of sp³-hybridized carbons (Fsp3) is 0.333. The Labute approximate surface area is 141 Å². The van der Waals surface area contributed by atoms with Crippen molar-refractivity contribution < 1.29 is 9.53 Å². The molecule has 0 saturated carbocycles. The van der Waals surface area contributed by atoms with E-state index in [1.165, 1.54) is 4.88 Å². The van der Waals surface area contributed by atoms with Gasteiger partial charge in [0.25, 0.3) is 5.91 Å². The van der Waals surface area contributed by atoms with Crippen LogP contribution in [0.4, 0.5) is 0 Å². The summed E-state index contributed by atoms with van der Waals surface area (Å²) in [6, 6.07) is 10.0. The van der Waals surface area contributed by atoms with E-state index in [1.807, 2.05) is 38.1 Å². The Bertz CT molecular complexity index is 705. The lowest BCUT2D eigenvalue weighted by molar-refractivity contribution is -0.123. The van der Waals surface area contributed by atoms with Gasteiger partial charge in [0.2, 0.25) is 0 Å². The zero-order chi connectivity index (χ0) is 16.8. The molecule has 5 heteroatoms. The Balaban J connectivity index is 1.89. The van der Waals surface area contributed by atoms with Crippen LogP contribution in [0.1, 0.15) is 40.6 Å². The Kier molecular flexibility index (Phi) is 5.93. The number of hydrogen-bond donors (Lipinski definition) is 1. The summed E-state index contributed by atoms with van der Waals surface area (Å²) in [5, 5.41) is 3.95. The smallest absolute Gasteiger partial charge is 0.277 e. The molecule has 0 saturated heterocycles. The number of aryl methyl sites for hydroxylation is 2. The van der Waals surface area contributed by atoms with Crippen LogP contribution in [-0.4, -0.2) is 18.7 Å². The second kappa shape index (κ2) is 7.92. The van der Waals surface area contributed by atoms with Gasteiger partial charge >= 0.3 is 0 Å². The normalized spacial score (nSPS) is 11.2. The van der Waals surface area contributed by atoms with Crippen LogP contribution in [0.3, 0.4) is 0 Å². The highest BCUT2D eigenvalue weighted by atomic mass is 32.1. The van der Waals surface area contributed by atoms with Crippen molar-refractivity contribution in [3.05, 3.63) is 51.2 Å². The number of carbonyl (C=O) groups excluding carboxylic acids is 1. The lowest BCUT2D eigenvalue weighted by Crippen LogP contribution is -2.24. The molecule has 1 amide bonds. The molecule has 0 atom stereocenters. The minimum absolute atomic E-state index is 0.0516. The van der Waals surface area contributed by atoms with Crippen molar-refractivity contribution >= 4 is 23.5 Å². The molecule has 1 aromatic heterocycles. The van der Waals surface area contributed by atoms with Crippen molar-refractivity contribution in [2.24, 2.45) is 5.10 Å². The van der Waals surface area contributed by atoms with Crippen LogP contribution in [0, 0.1) is 13.8 Å². The molecule has 4 nitrogen and oxygen atoms in total. The van der Waals surface area contributed by atoms with Crippen molar-refractivity contribution in [1.82, 2.24) is 5.43 Å². The Morgan fingerprint density at radius 2 is 2.09 bits per heavy atom. The molecule has 2 aromatic rings. The van der Waals surface area contributed by atoms with E-state index in [0.29, 0.717) is 5.92 Å². The van der Waals surface area contributed by atoms with Crippen molar-refractivity contribution in [1.29, 1.82) is 0 Å². The molecule has 0 aliphatic rings. The summed E-state index contributed by atoms with van der Waals surface area (Å²) in [6.45, 7) is 8.19. The largest absolute Gasteiger partial charge is 0.483 e. The van der Waals surface area contributed by atoms with Gasteiger partial charge in [-0.1, -0.05) is 26.0 Å². The second-order valence-electron chi connectivity index (χ2n) is 5.73. The van der Waals surface area contributed by atoms with E-state index in [2.05, 4.69) is 30.4 Å². The number of ether oxygens (including phenoxy) is 1. The number of hydrogen-bond acceptors (Lipinski definition) is 4. The van der Waals surface area contributed by atoms with Gasteiger partial charge in [-0.2, -0.15) is 5.10 Å². The van der Waals surface area contributed by atoms with Crippen molar-refractivity contribution in [2.75, 3.05) is 6.61 Å². The minimum atomic E-state index is -0.272. The summed E-state index contributed by atoms with van der Waals surface area (Å²) < 4.78 is 5.66. The van der Waals surface area contributed by atoms with Crippen LogP contribution in [0.15, 0.2) is 35.4 Å². The quantitative estimate of drug-likeness (QED) is 0.642. The third kappa shape index (κ3) is 5.21. The van der Waals surface area contributed by atoms with Gasteiger partial charge in [-0.15, -0.1) is 11.3 Å². The van der Waals surface area contributed by atoms with Crippen molar-refractivity contribution in [3.63, 3.8) is 0 Å². The maximum Gasteiger partial charge on any atom is 0.277 e. The number of rotatable bonds is 6. The maximum absolute atomic E-state index is 11.8. The van der Waals surface area contributed by atoms with Crippen molar-refractivity contribution in [2.45, 2.75) is 33.6 Å². The van der Waals surface area contributed by atoms with Gasteiger partial charge in [-0.25, -0.2) is 5.43 Å². The van der Waals surface area contributed by atoms with Gasteiger partial charge in [0.1, 0.15) is 5.75 Å². The number of thiophene rings is 1. The first-order chi connectivity index (χ1) is 11.0. The molecule has 0 aliphatic heterocycles. The van der Waals surface area contributed by atoms with Crippen LogP contribution in [0.25, 0.3) is 0 Å². The highest BCUT2D eigenvalue weighted by molar-refractivity contribution is 7.13. The Hall–Kier alpha value is -2.14. The number of nitrogens with one attached hydrogen (secondary N) is 1. The van der Waals surface area contributed by atoms with Crippen molar-refractivity contribution in [3.8, 4) is 5.75 Å². The lowest BCUT2D eigenvalue weighted by Gasteiger charge is -2.14. The summed E-state index contributed by atoms with van der Waals surface area (Å²) in [5.74, 6) is 0.826. The molecule has 1 N–H and O–H groups in total. The van der Waals surface area contributed by atoms with Crippen LogP contribution in [-0.2, 0) is 4.79 Å². The molecule has 0 unspecified atom stereocenters. The third-order valence-corrected chi connectivity index (χ3v) is 4.23. The van der Waals surface area contributed by atoms with Gasteiger partial charge in [-0.05, 0) is 49.1 Å². The summed E-state index contributed by atoms with van der Waals surface area (Å²) >= 11 is 1.62. The topological polar surface area (TPSA) is 50.7 Å². The van der Waals surface area contributed by atoms with Crippen LogP contribution in [0.5, 0.6) is 5.75 Å². The summed E-state index contributed by atoms with van der Waals surface area (Å²) in [7, 11) is 0. The fourth-order valence-electron chi connectivity index (χ4n) is 2.11. The maximum atomic E-state index is 11.8. The van der Waals surface area contributed by atoms with Crippen LogP contribution in [0.2, 0.25) is 0 Å². The predicted molar refractivity (Wildman–Crippen MR) is 95.6 cm³/mol. The highest BCUT2D eigenvalue weighted by Gasteiger charge is 2.10. The first kappa shape index (κ1) is 17.2. The number of nitrogens with zero attached hydrogens (tertiary/aromatic N) is 1. The molecule has 0 spiro atoms. The summed E-state index contributed by atoms with van der Waals surface area (Å²) in [5.41, 5.74) is 4.69. The molecule has 0 bridgehead atoms. The number of carbonyl (C=O) groups is 1. The second-order valence-corrected chi connectivity index (χ2v) is 7.05. The molecule has 122 valence electrons.